The van der Waals surface area contributed by atoms with Crippen LogP contribution in [0.1, 0.15) is 0 Å². The fourth-order valence-electron chi connectivity index (χ4n) is 6.69. The van der Waals surface area contributed by atoms with Crippen molar-refractivity contribution in [1.82, 2.24) is 9.38 Å². The fourth-order valence-corrected chi connectivity index (χ4v) is 6.69. The Morgan fingerprint density at radius 2 is 0.977 bits per heavy atom. The number of para-hydroxylation sites is 2. The topological polar surface area (TPSA) is 17.3 Å². The minimum absolute atomic E-state index is 1.00. The highest BCUT2D eigenvalue weighted by molar-refractivity contribution is 6.23. The van der Waals surface area contributed by atoms with Gasteiger partial charge in [0.1, 0.15) is 5.65 Å². The molecule has 0 aliphatic rings. The highest BCUT2D eigenvalue weighted by Gasteiger charge is 2.17. The summed E-state index contributed by atoms with van der Waals surface area (Å²) in [6, 6.07) is 56.8. The van der Waals surface area contributed by atoms with Crippen LogP contribution in [0.5, 0.6) is 0 Å². The van der Waals surface area contributed by atoms with E-state index in [1.165, 1.54) is 60.3 Å². The number of nitrogens with zero attached hydrogens (tertiary/aromatic N) is 2. The van der Waals surface area contributed by atoms with Gasteiger partial charge in [0.05, 0.1) is 16.6 Å². The number of hydrogen-bond acceptors (Lipinski definition) is 1. The zero-order chi connectivity index (χ0) is 28.3. The molecule has 0 radical (unpaired) electrons. The second kappa shape index (κ2) is 9.40. The van der Waals surface area contributed by atoms with Crippen molar-refractivity contribution in [3.63, 3.8) is 0 Å². The Balaban J connectivity index is 1.38. The van der Waals surface area contributed by atoms with E-state index in [4.69, 9.17) is 4.98 Å². The average molecular weight is 547 g/mol. The Morgan fingerprint density at radius 3 is 1.72 bits per heavy atom. The molecule has 43 heavy (non-hydrogen) atoms. The minimum atomic E-state index is 1.00. The van der Waals surface area contributed by atoms with Crippen molar-refractivity contribution in [2.75, 3.05) is 0 Å². The molecule has 0 fully saturated rings. The zero-order valence-electron chi connectivity index (χ0n) is 23.4. The van der Waals surface area contributed by atoms with E-state index in [1.807, 2.05) is 0 Å². The molecule has 0 spiro atoms. The number of aromatic nitrogens is 2. The third kappa shape index (κ3) is 3.77. The van der Waals surface area contributed by atoms with Gasteiger partial charge >= 0.3 is 0 Å². The molecule has 0 unspecified atom stereocenters. The maximum absolute atomic E-state index is 5.22. The first-order chi connectivity index (χ1) is 21.3. The molecule has 7 aromatic carbocycles. The molecule has 9 aromatic rings. The normalized spacial score (nSPS) is 11.7. The fraction of sp³-hybridized carbons (Fsp3) is 0. The molecule has 0 saturated heterocycles. The third-order valence-corrected chi connectivity index (χ3v) is 8.72. The second-order valence-corrected chi connectivity index (χ2v) is 11.2. The molecule has 2 nitrogen and oxygen atoms in total. The summed E-state index contributed by atoms with van der Waals surface area (Å²) >= 11 is 0. The monoisotopic (exact) mass is 546 g/mol. The number of imidazole rings is 1. The van der Waals surface area contributed by atoms with Crippen LogP contribution in [0, 0.1) is 0 Å². The van der Waals surface area contributed by atoms with Crippen LogP contribution in [0.4, 0.5) is 0 Å². The van der Waals surface area contributed by atoms with Crippen molar-refractivity contribution in [2.45, 2.75) is 0 Å². The number of rotatable bonds is 3. The van der Waals surface area contributed by atoms with Gasteiger partial charge in [-0.15, -0.1) is 0 Å². The van der Waals surface area contributed by atoms with E-state index in [0.29, 0.717) is 0 Å². The summed E-state index contributed by atoms with van der Waals surface area (Å²) < 4.78 is 2.36. The summed E-state index contributed by atoms with van der Waals surface area (Å²) in [5, 5.41) is 6.11. The Kier molecular flexibility index (Phi) is 5.23. The van der Waals surface area contributed by atoms with Crippen molar-refractivity contribution in [1.29, 1.82) is 0 Å². The number of fused-ring (bicyclic) bond motifs is 10. The molecule has 2 aromatic heterocycles. The Labute approximate surface area is 249 Å². The van der Waals surface area contributed by atoms with Gasteiger partial charge in [-0.3, -0.25) is 4.40 Å². The molecule has 9 rings (SSSR count). The smallest absolute Gasteiger partial charge is 0.147 e. The standard InChI is InChI=1S/C41H26N2/c1-3-11-27(12-4-1)31-23-32(28-13-5-2-6-14-28)25-33(24-31)30-20-21-35-36-22-19-29-15-7-8-16-34(29)40(36)41-42-37-17-9-10-18-38(37)43(41)39(35)26-30/h1-26H. The van der Waals surface area contributed by atoms with E-state index in [-0.39, 0.29) is 0 Å². The molecule has 2 heteroatoms. The van der Waals surface area contributed by atoms with E-state index in [2.05, 4.69) is 162 Å². The van der Waals surface area contributed by atoms with Gasteiger partial charge in [-0.25, -0.2) is 4.98 Å². The Bertz CT molecular complexity index is 2430. The van der Waals surface area contributed by atoms with Crippen molar-refractivity contribution < 1.29 is 0 Å². The lowest BCUT2D eigenvalue weighted by molar-refractivity contribution is 1.32. The van der Waals surface area contributed by atoms with Gasteiger partial charge in [-0.1, -0.05) is 121 Å². The molecular formula is C41H26N2. The van der Waals surface area contributed by atoms with Crippen LogP contribution in [-0.2, 0) is 0 Å². The van der Waals surface area contributed by atoms with Crippen LogP contribution < -0.4 is 0 Å². The van der Waals surface area contributed by atoms with Crippen molar-refractivity contribution >= 4 is 49.1 Å². The van der Waals surface area contributed by atoms with Gasteiger partial charge in [-0.2, -0.15) is 0 Å². The van der Waals surface area contributed by atoms with Crippen LogP contribution in [0.3, 0.4) is 0 Å². The van der Waals surface area contributed by atoms with E-state index in [1.54, 1.807) is 0 Å². The predicted octanol–water partition coefficient (Wildman–Crippen LogP) is 10.9. The lowest BCUT2D eigenvalue weighted by atomic mass is 9.92. The van der Waals surface area contributed by atoms with E-state index in [0.717, 1.165) is 22.2 Å². The van der Waals surface area contributed by atoms with Gasteiger partial charge < -0.3 is 0 Å². The summed E-state index contributed by atoms with van der Waals surface area (Å²) in [5.41, 5.74) is 11.5. The SMILES string of the molecule is c1ccc(-c2cc(-c3ccccc3)cc(-c3ccc4c5ccc6ccccc6c5c5nc6ccccc6n5c4c3)c2)cc1. The van der Waals surface area contributed by atoms with Crippen molar-refractivity contribution in [2.24, 2.45) is 0 Å². The Morgan fingerprint density at radius 1 is 0.372 bits per heavy atom. The van der Waals surface area contributed by atoms with Crippen molar-refractivity contribution in [3.8, 4) is 33.4 Å². The number of benzene rings is 7. The summed E-state index contributed by atoms with van der Waals surface area (Å²) in [4.78, 5) is 5.22. The van der Waals surface area contributed by atoms with E-state index >= 15 is 0 Å². The van der Waals surface area contributed by atoms with Gasteiger partial charge in [0.15, 0.2) is 0 Å². The second-order valence-electron chi connectivity index (χ2n) is 11.2. The first-order valence-corrected chi connectivity index (χ1v) is 14.7. The van der Waals surface area contributed by atoms with Gasteiger partial charge in [0.2, 0.25) is 0 Å². The summed E-state index contributed by atoms with van der Waals surface area (Å²) in [5.74, 6) is 0. The third-order valence-electron chi connectivity index (χ3n) is 8.72. The van der Waals surface area contributed by atoms with Gasteiger partial charge in [-0.05, 0) is 85.9 Å². The highest BCUT2D eigenvalue weighted by Crippen LogP contribution is 2.39. The lowest BCUT2D eigenvalue weighted by Crippen LogP contribution is -1.93. The maximum atomic E-state index is 5.22. The average Bonchev–Trinajstić information content (AvgIpc) is 3.48. The molecule has 0 N–H and O–H groups in total. The van der Waals surface area contributed by atoms with Crippen LogP contribution >= 0.6 is 0 Å². The summed E-state index contributed by atoms with van der Waals surface area (Å²) in [6.07, 6.45) is 0. The molecule has 0 saturated carbocycles. The van der Waals surface area contributed by atoms with Gasteiger partial charge in [0, 0.05) is 10.8 Å². The molecule has 0 atom stereocenters. The molecule has 0 aliphatic heterocycles. The minimum Gasteiger partial charge on any atom is -0.292 e. The predicted molar refractivity (Wildman–Crippen MR) is 182 cm³/mol. The molecule has 0 bridgehead atoms. The number of pyridine rings is 1. The quantitative estimate of drug-likeness (QED) is 0.201. The molecule has 200 valence electrons. The van der Waals surface area contributed by atoms with Crippen LogP contribution in [-0.4, -0.2) is 9.38 Å². The van der Waals surface area contributed by atoms with Crippen molar-refractivity contribution in [3.05, 3.63) is 158 Å². The maximum Gasteiger partial charge on any atom is 0.147 e. The first-order valence-electron chi connectivity index (χ1n) is 14.7. The number of hydrogen-bond donors (Lipinski definition) is 0. The largest absolute Gasteiger partial charge is 0.292 e. The van der Waals surface area contributed by atoms with Crippen LogP contribution in [0.15, 0.2) is 158 Å². The van der Waals surface area contributed by atoms with E-state index in [9.17, 15) is 0 Å². The van der Waals surface area contributed by atoms with E-state index < -0.39 is 0 Å². The van der Waals surface area contributed by atoms with Crippen LogP contribution in [0.25, 0.3) is 82.5 Å². The highest BCUT2D eigenvalue weighted by atomic mass is 15.0. The molecule has 0 aliphatic carbocycles. The summed E-state index contributed by atoms with van der Waals surface area (Å²) in [6.45, 7) is 0. The first kappa shape index (κ1) is 23.9. The van der Waals surface area contributed by atoms with Gasteiger partial charge in [0.25, 0.3) is 0 Å². The molecular weight excluding hydrogens is 520 g/mol. The molecule has 0 amide bonds. The molecule has 2 heterocycles. The lowest BCUT2D eigenvalue weighted by Gasteiger charge is -2.14. The Hall–Kier alpha value is -5.73. The zero-order valence-corrected chi connectivity index (χ0v) is 23.4. The van der Waals surface area contributed by atoms with Crippen LogP contribution in [0.2, 0.25) is 0 Å². The summed E-state index contributed by atoms with van der Waals surface area (Å²) in [7, 11) is 0.